The van der Waals surface area contributed by atoms with E-state index in [2.05, 4.69) is 11.4 Å². The third kappa shape index (κ3) is 3.58. The first kappa shape index (κ1) is 14.9. The Morgan fingerprint density at radius 1 is 1.36 bits per heavy atom. The average molecular weight is 319 g/mol. The minimum atomic E-state index is -0.115. The highest BCUT2D eigenvalue weighted by molar-refractivity contribution is 7.09. The quantitative estimate of drug-likeness (QED) is 0.842. The Labute approximate surface area is 133 Å². The van der Waals surface area contributed by atoms with Gasteiger partial charge < -0.3 is 20.1 Å². The number of nitrogens with one attached hydrogen (secondary N) is 1. The monoisotopic (exact) mass is 319 g/mol. The van der Waals surface area contributed by atoms with Crippen LogP contribution in [0, 0.1) is 0 Å². The summed E-state index contributed by atoms with van der Waals surface area (Å²) in [5.74, 6) is 1.53. The maximum Gasteiger partial charge on any atom is 0.278 e. The number of hydrogen-bond donors (Lipinski definition) is 2. The number of thiophene rings is 1. The number of benzene rings is 1. The van der Waals surface area contributed by atoms with Gasteiger partial charge in [0.25, 0.3) is 5.91 Å². The molecule has 0 fully saturated rings. The van der Waals surface area contributed by atoms with Crippen LogP contribution < -0.4 is 20.1 Å². The maximum absolute atomic E-state index is 12.1. The lowest BCUT2D eigenvalue weighted by Gasteiger charge is -2.11. The molecule has 5 nitrogen and oxygen atoms in total. The highest BCUT2D eigenvalue weighted by atomic mass is 32.1. The van der Waals surface area contributed by atoms with Gasteiger partial charge in [-0.05, 0) is 36.1 Å². The van der Waals surface area contributed by atoms with Gasteiger partial charge in [-0.3, -0.25) is 4.79 Å². The van der Waals surface area contributed by atoms with Crippen LogP contribution in [0.5, 0.6) is 11.5 Å². The Hall–Kier alpha value is -2.05. The van der Waals surface area contributed by atoms with E-state index in [0.717, 1.165) is 23.6 Å². The second kappa shape index (κ2) is 6.81. The first-order valence-electron chi connectivity index (χ1n) is 7.24. The van der Waals surface area contributed by atoms with Gasteiger partial charge in [-0.15, -0.1) is 11.3 Å². The van der Waals surface area contributed by atoms with Crippen molar-refractivity contribution in [3.05, 3.63) is 46.2 Å². The molecule has 0 saturated heterocycles. The second-order valence-electron chi connectivity index (χ2n) is 5.21. The molecule has 0 aliphatic carbocycles. The standard InChI is InChI=1S/C16H18N2O3S/c1-11(17-9-13-3-2-6-22-13)16(19)18-8-12-4-5-14-15(7-12)21-10-20-14/h2-7,11,17H,8-10H2,1H3,(H,18,19)/p+1/t11-/m1/s1. The molecule has 2 heterocycles. The minimum Gasteiger partial charge on any atom is -0.454 e. The molecule has 3 rings (SSSR count). The third-order valence-corrected chi connectivity index (χ3v) is 4.47. The van der Waals surface area contributed by atoms with Crippen molar-refractivity contribution in [1.82, 2.24) is 5.32 Å². The van der Waals surface area contributed by atoms with E-state index in [9.17, 15) is 4.79 Å². The Balaban J connectivity index is 1.47. The van der Waals surface area contributed by atoms with Crippen molar-refractivity contribution in [2.24, 2.45) is 0 Å². The zero-order chi connectivity index (χ0) is 15.4. The Morgan fingerprint density at radius 2 is 2.23 bits per heavy atom. The molecule has 1 aliphatic rings. The van der Waals surface area contributed by atoms with E-state index in [1.54, 1.807) is 11.3 Å². The molecule has 0 unspecified atom stereocenters. The smallest absolute Gasteiger partial charge is 0.278 e. The molecule has 0 spiro atoms. The fourth-order valence-corrected chi connectivity index (χ4v) is 2.91. The molecule has 1 aromatic carbocycles. The number of carbonyl (C=O) groups excluding carboxylic acids is 1. The summed E-state index contributed by atoms with van der Waals surface area (Å²) >= 11 is 1.71. The number of ether oxygens (including phenoxy) is 2. The van der Waals surface area contributed by atoms with Crippen LogP contribution in [-0.4, -0.2) is 18.7 Å². The zero-order valence-electron chi connectivity index (χ0n) is 12.4. The lowest BCUT2D eigenvalue weighted by Crippen LogP contribution is -2.90. The summed E-state index contributed by atoms with van der Waals surface area (Å²) in [5, 5.41) is 7.05. The highest BCUT2D eigenvalue weighted by Crippen LogP contribution is 2.32. The van der Waals surface area contributed by atoms with E-state index >= 15 is 0 Å². The summed E-state index contributed by atoms with van der Waals surface area (Å²) in [4.78, 5) is 13.4. The van der Waals surface area contributed by atoms with E-state index in [1.165, 1.54) is 4.88 Å². The average Bonchev–Trinajstić information content (AvgIpc) is 3.20. The Kier molecular flexibility index (Phi) is 4.60. The summed E-state index contributed by atoms with van der Waals surface area (Å²) in [7, 11) is 0. The van der Waals surface area contributed by atoms with Crippen molar-refractivity contribution >= 4 is 17.2 Å². The molecule has 22 heavy (non-hydrogen) atoms. The summed E-state index contributed by atoms with van der Waals surface area (Å²) < 4.78 is 10.6. The number of hydrogen-bond acceptors (Lipinski definition) is 4. The van der Waals surface area contributed by atoms with E-state index in [-0.39, 0.29) is 18.7 Å². The number of rotatable bonds is 6. The number of amides is 1. The van der Waals surface area contributed by atoms with Crippen molar-refractivity contribution in [3.8, 4) is 11.5 Å². The fraction of sp³-hybridized carbons (Fsp3) is 0.312. The zero-order valence-corrected chi connectivity index (χ0v) is 13.2. The van der Waals surface area contributed by atoms with Crippen LogP contribution in [0.25, 0.3) is 0 Å². The van der Waals surface area contributed by atoms with E-state index in [0.29, 0.717) is 6.54 Å². The Bertz CT molecular complexity index is 643. The summed E-state index contributed by atoms with van der Waals surface area (Å²) in [6.45, 7) is 3.51. The van der Waals surface area contributed by atoms with Crippen LogP contribution in [0.1, 0.15) is 17.4 Å². The van der Waals surface area contributed by atoms with Crippen LogP contribution >= 0.6 is 11.3 Å². The van der Waals surface area contributed by atoms with E-state index in [4.69, 9.17) is 9.47 Å². The highest BCUT2D eigenvalue weighted by Gasteiger charge is 2.17. The molecule has 1 aromatic heterocycles. The van der Waals surface area contributed by atoms with E-state index in [1.807, 2.05) is 41.9 Å². The molecule has 0 radical (unpaired) electrons. The van der Waals surface area contributed by atoms with Crippen molar-refractivity contribution in [1.29, 1.82) is 0 Å². The van der Waals surface area contributed by atoms with Gasteiger partial charge in [0.15, 0.2) is 17.5 Å². The van der Waals surface area contributed by atoms with Gasteiger partial charge in [0.05, 0.1) is 4.88 Å². The predicted octanol–water partition coefficient (Wildman–Crippen LogP) is 1.25. The van der Waals surface area contributed by atoms with Crippen LogP contribution in [0.2, 0.25) is 0 Å². The van der Waals surface area contributed by atoms with Gasteiger partial charge in [0, 0.05) is 6.54 Å². The predicted molar refractivity (Wildman–Crippen MR) is 83.8 cm³/mol. The first-order chi connectivity index (χ1) is 10.7. The molecule has 116 valence electrons. The van der Waals surface area contributed by atoms with Gasteiger partial charge in [-0.25, -0.2) is 0 Å². The van der Waals surface area contributed by atoms with Gasteiger partial charge in [0.1, 0.15) is 6.54 Å². The molecule has 1 aliphatic heterocycles. The summed E-state index contributed by atoms with van der Waals surface area (Å²) in [6, 6.07) is 9.71. The molecule has 0 bridgehead atoms. The van der Waals surface area contributed by atoms with E-state index < -0.39 is 0 Å². The largest absolute Gasteiger partial charge is 0.454 e. The van der Waals surface area contributed by atoms with Crippen molar-refractivity contribution in [3.63, 3.8) is 0 Å². The molecule has 0 saturated carbocycles. The molecule has 1 amide bonds. The van der Waals surface area contributed by atoms with Gasteiger partial charge in [-0.1, -0.05) is 12.1 Å². The van der Waals surface area contributed by atoms with Gasteiger partial charge in [0.2, 0.25) is 6.79 Å². The second-order valence-corrected chi connectivity index (χ2v) is 6.25. The molecule has 6 heteroatoms. The van der Waals surface area contributed by atoms with Crippen LogP contribution in [-0.2, 0) is 17.9 Å². The van der Waals surface area contributed by atoms with Gasteiger partial charge in [-0.2, -0.15) is 0 Å². The molecule has 3 N–H and O–H groups in total. The van der Waals surface area contributed by atoms with Crippen molar-refractivity contribution in [2.75, 3.05) is 6.79 Å². The van der Waals surface area contributed by atoms with Crippen molar-refractivity contribution in [2.45, 2.75) is 26.1 Å². The van der Waals surface area contributed by atoms with Crippen LogP contribution in [0.15, 0.2) is 35.7 Å². The molecular weight excluding hydrogens is 300 g/mol. The van der Waals surface area contributed by atoms with Gasteiger partial charge >= 0.3 is 0 Å². The SMILES string of the molecule is C[C@@H]([NH2+]Cc1cccs1)C(=O)NCc1ccc2c(c1)OCO2. The fourth-order valence-electron chi connectivity index (χ4n) is 2.23. The lowest BCUT2D eigenvalue weighted by atomic mass is 10.2. The minimum absolute atomic E-state index is 0.0363. The maximum atomic E-state index is 12.1. The van der Waals surface area contributed by atoms with Crippen LogP contribution in [0.4, 0.5) is 0 Å². The summed E-state index contributed by atoms with van der Waals surface area (Å²) in [6.07, 6.45) is 0. The number of fused-ring (bicyclic) bond motifs is 1. The van der Waals surface area contributed by atoms with Crippen molar-refractivity contribution < 1.29 is 19.6 Å². The molecule has 1 atom stereocenters. The number of carbonyl (C=O) groups is 1. The topological polar surface area (TPSA) is 64.2 Å². The molecule has 2 aromatic rings. The number of quaternary nitrogens is 1. The number of nitrogens with two attached hydrogens (primary N) is 1. The Morgan fingerprint density at radius 3 is 3.05 bits per heavy atom. The lowest BCUT2D eigenvalue weighted by molar-refractivity contribution is -0.688. The molecular formula is C16H19N2O3S+. The normalized spacial score (nSPS) is 13.9. The van der Waals surface area contributed by atoms with Crippen LogP contribution in [0.3, 0.4) is 0 Å². The summed E-state index contributed by atoms with van der Waals surface area (Å²) in [5.41, 5.74) is 1.00. The first-order valence-corrected chi connectivity index (χ1v) is 8.12. The third-order valence-electron chi connectivity index (χ3n) is 3.57.